The lowest BCUT2D eigenvalue weighted by atomic mass is 9.91. The zero-order valence-electron chi connectivity index (χ0n) is 14.5. The van der Waals surface area contributed by atoms with Gasteiger partial charge in [-0.25, -0.2) is 8.91 Å². The number of alkyl halides is 1. The molecule has 2 heterocycles. The molecule has 0 saturated carbocycles. The first-order chi connectivity index (χ1) is 10.0. The lowest BCUT2D eigenvalue weighted by molar-refractivity contribution is -0.878. The predicted molar refractivity (Wildman–Crippen MR) is 81.4 cm³/mol. The molecule has 2 aromatic heterocycles. The number of hydrogen-bond acceptors (Lipinski definition) is 3. The second-order valence-corrected chi connectivity index (χ2v) is 7.49. The van der Waals surface area contributed by atoms with Crippen LogP contribution in [0.2, 0.25) is 0 Å². The van der Waals surface area contributed by atoms with Crippen LogP contribution in [0.25, 0.3) is 0 Å². The van der Waals surface area contributed by atoms with Gasteiger partial charge in [-0.1, -0.05) is 39.8 Å². The smallest absolute Gasteiger partial charge is 0.237 e. The molecule has 122 valence electrons. The highest BCUT2D eigenvalue weighted by atomic mass is 19.1. The first-order valence-corrected chi connectivity index (χ1v) is 7.68. The van der Waals surface area contributed by atoms with E-state index in [1.807, 2.05) is 26.8 Å². The maximum Gasteiger partial charge on any atom is 0.237 e. The molecule has 0 spiro atoms. The Morgan fingerprint density at radius 3 is 2.36 bits per heavy atom. The van der Waals surface area contributed by atoms with E-state index in [0.29, 0.717) is 0 Å². The number of aromatic nitrogens is 2. The molecule has 0 aromatic carbocycles. The first-order valence-electron chi connectivity index (χ1n) is 7.68. The summed E-state index contributed by atoms with van der Waals surface area (Å²) in [6.07, 6.45) is 0. The van der Waals surface area contributed by atoms with Crippen molar-refractivity contribution in [3.8, 4) is 0 Å². The maximum atomic E-state index is 15.1. The quantitative estimate of drug-likeness (QED) is 0.796. The number of aryl methyl sites for hydroxylation is 1. The third-order valence-electron chi connectivity index (χ3n) is 3.71. The summed E-state index contributed by atoms with van der Waals surface area (Å²) in [5.41, 5.74) is -0.0963. The molecule has 0 saturated heterocycles. The van der Waals surface area contributed by atoms with Gasteiger partial charge in [0.1, 0.15) is 0 Å². The van der Waals surface area contributed by atoms with Crippen molar-refractivity contribution in [3.05, 3.63) is 35.0 Å². The molecular weight excluding hydrogens is 283 g/mol. The van der Waals surface area contributed by atoms with Crippen LogP contribution >= 0.6 is 0 Å². The van der Waals surface area contributed by atoms with E-state index in [0.717, 1.165) is 17.1 Å². The van der Waals surface area contributed by atoms with E-state index >= 15 is 4.39 Å². The SMILES string of the molecule is Cc1cc(C(C)(C)C)[n+](CC(C)(F)c2cc(C(C)C)no2)o1. The number of rotatable bonds is 4. The minimum absolute atomic E-state index is 0.0557. The Hall–Kier alpha value is -1.65. The second kappa shape index (κ2) is 5.52. The summed E-state index contributed by atoms with van der Waals surface area (Å²) in [7, 11) is 0. The van der Waals surface area contributed by atoms with Crippen molar-refractivity contribution in [2.24, 2.45) is 0 Å². The summed E-state index contributed by atoms with van der Waals surface area (Å²) in [6.45, 7) is 13.7. The molecule has 0 amide bonds. The van der Waals surface area contributed by atoms with E-state index < -0.39 is 5.67 Å². The first kappa shape index (κ1) is 16.7. The van der Waals surface area contributed by atoms with Gasteiger partial charge >= 0.3 is 0 Å². The summed E-state index contributed by atoms with van der Waals surface area (Å²) < 4.78 is 27.6. The Morgan fingerprint density at radius 2 is 1.86 bits per heavy atom. The number of nitrogens with zero attached hydrogens (tertiary/aromatic N) is 2. The van der Waals surface area contributed by atoms with Crippen molar-refractivity contribution < 1.29 is 18.2 Å². The number of hydrogen-bond donors (Lipinski definition) is 0. The normalized spacial score (nSPS) is 15.3. The van der Waals surface area contributed by atoms with E-state index in [-0.39, 0.29) is 23.6 Å². The van der Waals surface area contributed by atoms with Gasteiger partial charge in [0.15, 0.2) is 11.5 Å². The molecule has 0 aliphatic carbocycles. The molecule has 2 aromatic rings. The average Bonchev–Trinajstić information content (AvgIpc) is 2.94. The fourth-order valence-corrected chi connectivity index (χ4v) is 2.38. The molecule has 1 unspecified atom stereocenters. The Bertz CT molecular complexity index is 648. The molecule has 5 heteroatoms. The largest absolute Gasteiger partial charge is 0.357 e. The zero-order chi connectivity index (χ0) is 16.7. The van der Waals surface area contributed by atoms with Crippen LogP contribution in [0.5, 0.6) is 0 Å². The molecular formula is C17H26FN2O2+. The Kier molecular flexibility index (Phi) is 4.20. The third kappa shape index (κ3) is 3.39. The highest BCUT2D eigenvalue weighted by molar-refractivity contribution is 5.14. The molecule has 4 nitrogen and oxygen atoms in total. The van der Waals surface area contributed by atoms with Crippen molar-refractivity contribution >= 4 is 0 Å². The van der Waals surface area contributed by atoms with E-state index in [2.05, 4.69) is 25.9 Å². The van der Waals surface area contributed by atoms with E-state index in [1.54, 1.807) is 10.8 Å². The van der Waals surface area contributed by atoms with Crippen molar-refractivity contribution in [2.45, 2.75) is 72.0 Å². The van der Waals surface area contributed by atoms with Gasteiger partial charge in [-0.2, -0.15) is 0 Å². The van der Waals surface area contributed by atoms with Gasteiger partial charge in [-0.15, -0.1) is 0 Å². The van der Waals surface area contributed by atoms with Gasteiger partial charge in [-0.3, -0.25) is 0 Å². The molecule has 0 aliphatic heterocycles. The molecule has 0 fully saturated rings. The molecule has 0 radical (unpaired) electrons. The van der Waals surface area contributed by atoms with Crippen LogP contribution < -0.4 is 4.74 Å². The average molecular weight is 309 g/mol. The molecule has 1 atom stereocenters. The zero-order valence-corrected chi connectivity index (χ0v) is 14.5. The van der Waals surface area contributed by atoms with Crippen LogP contribution in [0, 0.1) is 6.92 Å². The third-order valence-corrected chi connectivity index (χ3v) is 3.71. The maximum absolute atomic E-state index is 15.1. The van der Waals surface area contributed by atoms with E-state index in [9.17, 15) is 0 Å². The Balaban J connectivity index is 2.32. The van der Waals surface area contributed by atoms with Gasteiger partial charge in [0.2, 0.25) is 17.9 Å². The standard InChI is InChI=1S/C17H26FN2O2/c1-11(2)13-9-15(21-19-13)17(7,18)10-20-14(16(4,5)6)8-12(3)22-20/h8-9,11H,10H2,1-7H3/q+1. The monoisotopic (exact) mass is 309 g/mol. The van der Waals surface area contributed by atoms with Crippen molar-refractivity contribution in [1.29, 1.82) is 0 Å². The van der Waals surface area contributed by atoms with Crippen LogP contribution in [0.4, 0.5) is 4.39 Å². The van der Waals surface area contributed by atoms with Gasteiger partial charge in [-0.05, 0) is 17.6 Å². The van der Waals surface area contributed by atoms with E-state index in [4.69, 9.17) is 9.05 Å². The van der Waals surface area contributed by atoms with Crippen molar-refractivity contribution in [3.63, 3.8) is 0 Å². The fourth-order valence-electron chi connectivity index (χ4n) is 2.38. The highest BCUT2D eigenvalue weighted by Gasteiger charge is 2.41. The number of halogens is 1. The van der Waals surface area contributed by atoms with Gasteiger partial charge in [0.25, 0.3) is 0 Å². The predicted octanol–water partition coefficient (Wildman–Crippen LogP) is 4.17. The minimum Gasteiger partial charge on any atom is -0.357 e. The topological polar surface area (TPSA) is 43.0 Å². The molecule has 0 aliphatic rings. The van der Waals surface area contributed by atoms with Gasteiger partial charge in [0, 0.05) is 13.0 Å². The second-order valence-electron chi connectivity index (χ2n) is 7.49. The van der Waals surface area contributed by atoms with Crippen LogP contribution in [-0.2, 0) is 17.6 Å². The van der Waals surface area contributed by atoms with Crippen LogP contribution in [-0.4, -0.2) is 5.16 Å². The van der Waals surface area contributed by atoms with Crippen molar-refractivity contribution in [1.82, 2.24) is 5.16 Å². The van der Waals surface area contributed by atoms with Gasteiger partial charge < -0.3 is 4.52 Å². The molecule has 2 rings (SSSR count). The van der Waals surface area contributed by atoms with Crippen LogP contribution in [0.15, 0.2) is 21.2 Å². The van der Waals surface area contributed by atoms with E-state index in [1.165, 1.54) is 6.92 Å². The lowest BCUT2D eigenvalue weighted by Gasteiger charge is -2.15. The van der Waals surface area contributed by atoms with Crippen molar-refractivity contribution in [2.75, 3.05) is 0 Å². The summed E-state index contributed by atoms with van der Waals surface area (Å²) in [5, 5.41) is 3.95. The molecule has 22 heavy (non-hydrogen) atoms. The van der Waals surface area contributed by atoms with Crippen LogP contribution in [0.1, 0.15) is 70.4 Å². The Labute approximate surface area is 131 Å². The Morgan fingerprint density at radius 1 is 1.23 bits per heavy atom. The fraction of sp³-hybridized carbons (Fsp3) is 0.647. The van der Waals surface area contributed by atoms with Gasteiger partial charge in [0.05, 0.1) is 17.2 Å². The molecule has 0 bridgehead atoms. The lowest BCUT2D eigenvalue weighted by Crippen LogP contribution is -2.46. The van der Waals surface area contributed by atoms with Crippen LogP contribution in [0.3, 0.4) is 0 Å². The summed E-state index contributed by atoms with van der Waals surface area (Å²) in [5.74, 6) is 1.20. The summed E-state index contributed by atoms with van der Waals surface area (Å²) in [4.78, 5) is 0. The summed E-state index contributed by atoms with van der Waals surface area (Å²) >= 11 is 0. The minimum atomic E-state index is -1.69. The highest BCUT2D eigenvalue weighted by Crippen LogP contribution is 2.30. The summed E-state index contributed by atoms with van der Waals surface area (Å²) in [6, 6.07) is 3.65. The molecule has 0 N–H and O–H groups in total.